The first kappa shape index (κ1) is 15.5. The van der Waals surface area contributed by atoms with Crippen molar-refractivity contribution < 1.29 is 0 Å². The van der Waals surface area contributed by atoms with Gasteiger partial charge in [-0.25, -0.2) is 0 Å². The quantitative estimate of drug-likeness (QED) is 0.898. The van der Waals surface area contributed by atoms with E-state index < -0.39 is 0 Å². The monoisotopic (exact) mass is 274 g/mol. The maximum absolute atomic E-state index is 6.36. The van der Waals surface area contributed by atoms with Gasteiger partial charge < -0.3 is 5.73 Å². The van der Waals surface area contributed by atoms with Crippen LogP contribution < -0.4 is 5.73 Å². The summed E-state index contributed by atoms with van der Waals surface area (Å²) in [4.78, 5) is 2.68. The summed E-state index contributed by atoms with van der Waals surface area (Å²) in [7, 11) is 0. The number of nitrogens with two attached hydrogens (primary N) is 1. The highest BCUT2D eigenvalue weighted by atomic mass is 15.2. The van der Waals surface area contributed by atoms with E-state index in [1.165, 1.54) is 49.8 Å². The predicted molar refractivity (Wildman–Crippen MR) is 86.8 cm³/mol. The summed E-state index contributed by atoms with van der Waals surface area (Å²) in [6, 6.07) is 10.2. The molecule has 0 spiro atoms. The fraction of sp³-hybridized carbons (Fsp3) is 0.667. The summed E-state index contributed by atoms with van der Waals surface area (Å²) < 4.78 is 0. The van der Waals surface area contributed by atoms with Crippen LogP contribution in [0, 0.1) is 6.92 Å². The minimum Gasteiger partial charge on any atom is -0.326 e. The Kier molecular flexibility index (Phi) is 5.62. The third-order valence-electron chi connectivity index (χ3n) is 4.67. The molecule has 2 N–H and O–H groups in total. The van der Waals surface area contributed by atoms with Crippen LogP contribution in [0.15, 0.2) is 24.3 Å². The van der Waals surface area contributed by atoms with Crippen molar-refractivity contribution in [1.29, 1.82) is 0 Å². The summed E-state index contributed by atoms with van der Waals surface area (Å²) in [6.45, 7) is 7.81. The second kappa shape index (κ2) is 7.24. The summed E-state index contributed by atoms with van der Waals surface area (Å²) in [5, 5.41) is 0. The van der Waals surface area contributed by atoms with Gasteiger partial charge in [0.15, 0.2) is 0 Å². The molecule has 1 heterocycles. The molecule has 0 saturated carbocycles. The van der Waals surface area contributed by atoms with Gasteiger partial charge >= 0.3 is 0 Å². The van der Waals surface area contributed by atoms with Crippen LogP contribution >= 0.6 is 0 Å². The molecule has 20 heavy (non-hydrogen) atoms. The maximum Gasteiger partial charge on any atom is 0.0499 e. The lowest BCUT2D eigenvalue weighted by molar-refractivity contribution is 0.117. The zero-order chi connectivity index (χ0) is 14.5. The largest absolute Gasteiger partial charge is 0.326 e. The molecule has 112 valence electrons. The van der Waals surface area contributed by atoms with Crippen molar-refractivity contribution in [2.24, 2.45) is 5.73 Å². The van der Waals surface area contributed by atoms with Crippen LogP contribution in [0.3, 0.4) is 0 Å². The number of rotatable bonds is 4. The second-order valence-corrected chi connectivity index (χ2v) is 6.36. The average molecular weight is 274 g/mol. The van der Waals surface area contributed by atoms with E-state index in [2.05, 4.69) is 49.9 Å². The third kappa shape index (κ3) is 3.62. The van der Waals surface area contributed by atoms with Gasteiger partial charge in [0, 0.05) is 18.1 Å². The van der Waals surface area contributed by atoms with Gasteiger partial charge in [-0.15, -0.1) is 0 Å². The number of benzene rings is 1. The Balaban J connectivity index is 2.28. The molecule has 1 aliphatic heterocycles. The van der Waals surface area contributed by atoms with Crippen molar-refractivity contribution in [2.75, 3.05) is 6.54 Å². The molecule has 2 heteroatoms. The average Bonchev–Trinajstić information content (AvgIpc) is 2.66. The standard InChI is InChI=1S/C18H30N2/c1-4-17-8-6-5-7-13-20(17)18(15(3)19)16-11-9-14(2)10-12-16/h9-12,15,17-18H,4-8,13,19H2,1-3H3. The smallest absolute Gasteiger partial charge is 0.0499 e. The molecule has 0 aromatic heterocycles. The van der Waals surface area contributed by atoms with Gasteiger partial charge in [-0.3, -0.25) is 4.90 Å². The summed E-state index contributed by atoms with van der Waals surface area (Å²) in [5.74, 6) is 0. The van der Waals surface area contributed by atoms with Gasteiger partial charge in [0.05, 0.1) is 0 Å². The highest BCUT2D eigenvalue weighted by Gasteiger charge is 2.29. The number of hydrogen-bond donors (Lipinski definition) is 1. The van der Waals surface area contributed by atoms with Gasteiger partial charge in [-0.1, -0.05) is 49.6 Å². The van der Waals surface area contributed by atoms with Gasteiger partial charge in [-0.05, 0) is 45.2 Å². The van der Waals surface area contributed by atoms with Crippen LogP contribution in [-0.2, 0) is 0 Å². The van der Waals surface area contributed by atoms with Crippen molar-refractivity contribution in [2.45, 2.75) is 71.0 Å². The molecule has 1 fully saturated rings. The minimum absolute atomic E-state index is 0.171. The molecular formula is C18H30N2. The maximum atomic E-state index is 6.36. The first-order chi connectivity index (χ1) is 9.63. The van der Waals surface area contributed by atoms with E-state index in [0.29, 0.717) is 12.1 Å². The normalized spacial score (nSPS) is 24.1. The van der Waals surface area contributed by atoms with Crippen molar-refractivity contribution in [3.05, 3.63) is 35.4 Å². The molecule has 0 bridgehead atoms. The van der Waals surface area contributed by atoms with Crippen LogP contribution in [0.5, 0.6) is 0 Å². The van der Waals surface area contributed by atoms with Crippen molar-refractivity contribution in [1.82, 2.24) is 4.90 Å². The van der Waals surface area contributed by atoms with Crippen LogP contribution in [0.2, 0.25) is 0 Å². The zero-order valence-corrected chi connectivity index (χ0v) is 13.3. The SMILES string of the molecule is CCC1CCCCCN1C(c1ccc(C)cc1)C(C)N. The van der Waals surface area contributed by atoms with E-state index in [-0.39, 0.29) is 6.04 Å². The van der Waals surface area contributed by atoms with Crippen LogP contribution in [0.4, 0.5) is 0 Å². The van der Waals surface area contributed by atoms with E-state index in [4.69, 9.17) is 5.73 Å². The number of nitrogens with zero attached hydrogens (tertiary/aromatic N) is 1. The molecule has 2 nitrogen and oxygen atoms in total. The molecule has 3 unspecified atom stereocenters. The van der Waals surface area contributed by atoms with E-state index in [9.17, 15) is 0 Å². The number of aryl methyl sites for hydroxylation is 1. The van der Waals surface area contributed by atoms with E-state index >= 15 is 0 Å². The Bertz CT molecular complexity index is 396. The molecular weight excluding hydrogens is 244 g/mol. The van der Waals surface area contributed by atoms with Gasteiger partial charge in [0.2, 0.25) is 0 Å². The summed E-state index contributed by atoms with van der Waals surface area (Å²) in [5.41, 5.74) is 9.06. The molecule has 1 aliphatic rings. The van der Waals surface area contributed by atoms with E-state index in [0.717, 1.165) is 0 Å². The molecule has 2 rings (SSSR count). The van der Waals surface area contributed by atoms with E-state index in [1.54, 1.807) is 0 Å². The van der Waals surface area contributed by atoms with Crippen LogP contribution in [0.25, 0.3) is 0 Å². The second-order valence-electron chi connectivity index (χ2n) is 6.36. The van der Waals surface area contributed by atoms with Gasteiger partial charge in [0.1, 0.15) is 0 Å². The lowest BCUT2D eigenvalue weighted by Crippen LogP contribution is -2.44. The molecule has 1 aromatic rings. The highest BCUT2D eigenvalue weighted by molar-refractivity contribution is 5.25. The molecule has 0 amide bonds. The highest BCUT2D eigenvalue weighted by Crippen LogP contribution is 2.31. The van der Waals surface area contributed by atoms with Crippen molar-refractivity contribution in [3.63, 3.8) is 0 Å². The summed E-state index contributed by atoms with van der Waals surface area (Å²) in [6.07, 6.45) is 6.60. The lowest BCUT2D eigenvalue weighted by Gasteiger charge is -2.39. The Morgan fingerprint density at radius 2 is 1.90 bits per heavy atom. The molecule has 1 saturated heterocycles. The van der Waals surface area contributed by atoms with Gasteiger partial charge in [0.25, 0.3) is 0 Å². The first-order valence-electron chi connectivity index (χ1n) is 8.21. The van der Waals surface area contributed by atoms with E-state index in [1.807, 2.05) is 0 Å². The number of hydrogen-bond acceptors (Lipinski definition) is 2. The molecule has 0 aliphatic carbocycles. The Morgan fingerprint density at radius 3 is 2.50 bits per heavy atom. The van der Waals surface area contributed by atoms with Crippen LogP contribution in [0.1, 0.15) is 63.1 Å². The van der Waals surface area contributed by atoms with Crippen molar-refractivity contribution in [3.8, 4) is 0 Å². The lowest BCUT2D eigenvalue weighted by atomic mass is 9.95. The Labute approximate surface area is 124 Å². The fourth-order valence-electron chi connectivity index (χ4n) is 3.57. The molecule has 1 aromatic carbocycles. The molecule has 0 radical (unpaired) electrons. The fourth-order valence-corrected chi connectivity index (χ4v) is 3.57. The topological polar surface area (TPSA) is 29.3 Å². The Morgan fingerprint density at radius 1 is 1.20 bits per heavy atom. The zero-order valence-electron chi connectivity index (χ0n) is 13.3. The van der Waals surface area contributed by atoms with Gasteiger partial charge in [-0.2, -0.15) is 0 Å². The molecule has 3 atom stereocenters. The van der Waals surface area contributed by atoms with Crippen LogP contribution in [-0.4, -0.2) is 23.5 Å². The Hall–Kier alpha value is -0.860. The summed E-state index contributed by atoms with van der Waals surface area (Å²) >= 11 is 0. The number of likely N-dealkylation sites (tertiary alicyclic amines) is 1. The third-order valence-corrected chi connectivity index (χ3v) is 4.67. The van der Waals surface area contributed by atoms with Crippen molar-refractivity contribution >= 4 is 0 Å². The minimum atomic E-state index is 0.171. The predicted octanol–water partition coefficient (Wildman–Crippen LogP) is 4.04. The first-order valence-corrected chi connectivity index (χ1v) is 8.21.